The largest absolute Gasteiger partial charge is 0.487 e. The number of aromatic nitrogens is 1. The minimum Gasteiger partial charge on any atom is -0.487 e. The molecule has 1 fully saturated rings. The first kappa shape index (κ1) is 23.9. The summed E-state index contributed by atoms with van der Waals surface area (Å²) in [5.41, 5.74) is 2.68. The van der Waals surface area contributed by atoms with Gasteiger partial charge < -0.3 is 10.1 Å². The van der Waals surface area contributed by atoms with Crippen molar-refractivity contribution < 1.29 is 17.9 Å². The number of pyridine rings is 1. The molecule has 0 bridgehead atoms. The van der Waals surface area contributed by atoms with Crippen LogP contribution in [-0.4, -0.2) is 36.2 Å². The standard InChI is InChI=1S/C26H29N3O4S/c1-19-11-13-24(14-12-19)34(31,32)29-16-6-10-25(29)26(30)28-20(2)21-7-5-9-23(17-21)33-18-22-8-3-4-15-27-22/h3-5,7-9,11-15,17,20,25H,6,10,16,18H2,1-2H3,(H,28,30)/t20?,25-/m0/s1. The van der Waals surface area contributed by atoms with Crippen LogP contribution in [0.3, 0.4) is 0 Å². The van der Waals surface area contributed by atoms with Gasteiger partial charge in [0.15, 0.2) is 0 Å². The van der Waals surface area contributed by atoms with E-state index in [2.05, 4.69) is 10.3 Å². The van der Waals surface area contributed by atoms with Crippen LogP contribution in [0.25, 0.3) is 0 Å². The summed E-state index contributed by atoms with van der Waals surface area (Å²) in [7, 11) is -3.74. The molecule has 1 aliphatic rings. The molecule has 1 saturated heterocycles. The highest BCUT2D eigenvalue weighted by Gasteiger charge is 2.39. The average molecular weight is 480 g/mol. The molecule has 0 saturated carbocycles. The molecule has 1 amide bonds. The molecule has 178 valence electrons. The van der Waals surface area contributed by atoms with Crippen LogP contribution in [0, 0.1) is 6.92 Å². The van der Waals surface area contributed by atoms with Crippen LogP contribution in [0.4, 0.5) is 0 Å². The highest BCUT2D eigenvalue weighted by Crippen LogP contribution is 2.27. The number of benzene rings is 2. The Kier molecular flexibility index (Phi) is 7.29. The van der Waals surface area contributed by atoms with E-state index in [1.807, 2.05) is 56.3 Å². The van der Waals surface area contributed by atoms with Crippen LogP contribution in [-0.2, 0) is 21.4 Å². The number of sulfonamides is 1. The lowest BCUT2D eigenvalue weighted by Gasteiger charge is -2.25. The van der Waals surface area contributed by atoms with Crippen LogP contribution in [0.2, 0.25) is 0 Å². The van der Waals surface area contributed by atoms with Crippen molar-refractivity contribution in [2.24, 2.45) is 0 Å². The molecule has 8 heteroatoms. The fraction of sp³-hybridized carbons (Fsp3) is 0.308. The Balaban J connectivity index is 1.42. The molecule has 4 rings (SSSR count). The minimum absolute atomic E-state index is 0.212. The van der Waals surface area contributed by atoms with Gasteiger partial charge in [-0.25, -0.2) is 8.42 Å². The predicted octanol–water partition coefficient (Wildman–Crippen LogP) is 4.00. The van der Waals surface area contributed by atoms with Gasteiger partial charge in [0, 0.05) is 12.7 Å². The number of nitrogens with zero attached hydrogens (tertiary/aromatic N) is 2. The molecular formula is C26H29N3O4S. The van der Waals surface area contributed by atoms with Crippen molar-refractivity contribution >= 4 is 15.9 Å². The number of nitrogens with one attached hydrogen (secondary N) is 1. The highest BCUT2D eigenvalue weighted by molar-refractivity contribution is 7.89. The molecule has 3 aromatic rings. The number of carbonyl (C=O) groups excluding carboxylic acids is 1. The predicted molar refractivity (Wildman–Crippen MR) is 130 cm³/mol. The molecule has 1 unspecified atom stereocenters. The Hall–Kier alpha value is -3.23. The zero-order chi connectivity index (χ0) is 24.1. The SMILES string of the molecule is Cc1ccc(S(=O)(=O)N2CCC[C@H]2C(=O)NC(C)c2cccc(OCc3ccccn3)c2)cc1. The van der Waals surface area contributed by atoms with Gasteiger partial charge in [-0.3, -0.25) is 9.78 Å². The molecule has 2 heterocycles. The van der Waals surface area contributed by atoms with Gasteiger partial charge in [0.05, 0.1) is 16.6 Å². The third kappa shape index (κ3) is 5.46. The van der Waals surface area contributed by atoms with E-state index in [1.54, 1.807) is 30.5 Å². The maximum atomic E-state index is 13.2. The van der Waals surface area contributed by atoms with E-state index < -0.39 is 16.1 Å². The molecule has 7 nitrogen and oxygen atoms in total. The van der Waals surface area contributed by atoms with Crippen molar-refractivity contribution in [2.45, 2.75) is 50.3 Å². The van der Waals surface area contributed by atoms with E-state index in [1.165, 1.54) is 4.31 Å². The molecule has 2 aromatic carbocycles. The van der Waals surface area contributed by atoms with Crippen LogP contribution in [0.5, 0.6) is 5.75 Å². The second-order valence-corrected chi connectivity index (χ2v) is 10.4. The van der Waals surface area contributed by atoms with Crippen molar-refractivity contribution in [3.05, 3.63) is 89.7 Å². The second kappa shape index (κ2) is 10.4. The molecular weight excluding hydrogens is 450 g/mol. The van der Waals surface area contributed by atoms with Gasteiger partial charge in [-0.05, 0) is 68.7 Å². The van der Waals surface area contributed by atoms with Crippen LogP contribution in [0.1, 0.15) is 42.6 Å². The fourth-order valence-electron chi connectivity index (χ4n) is 4.04. The van der Waals surface area contributed by atoms with Crippen molar-refractivity contribution in [1.82, 2.24) is 14.6 Å². The van der Waals surface area contributed by atoms with Gasteiger partial charge in [-0.15, -0.1) is 0 Å². The van der Waals surface area contributed by atoms with E-state index in [9.17, 15) is 13.2 Å². The van der Waals surface area contributed by atoms with Crippen molar-refractivity contribution in [2.75, 3.05) is 6.54 Å². The summed E-state index contributed by atoms with van der Waals surface area (Å²) in [6, 6.07) is 18.9. The number of rotatable bonds is 8. The molecule has 1 aromatic heterocycles. The molecule has 2 atom stereocenters. The number of hydrogen-bond donors (Lipinski definition) is 1. The second-order valence-electron chi connectivity index (χ2n) is 8.50. The number of amides is 1. The number of hydrogen-bond acceptors (Lipinski definition) is 5. The first-order valence-electron chi connectivity index (χ1n) is 11.4. The van der Waals surface area contributed by atoms with Crippen LogP contribution in [0.15, 0.2) is 77.8 Å². The third-order valence-corrected chi connectivity index (χ3v) is 7.89. The first-order valence-corrected chi connectivity index (χ1v) is 12.8. The zero-order valence-electron chi connectivity index (χ0n) is 19.3. The van der Waals surface area contributed by atoms with Gasteiger partial charge in [0.25, 0.3) is 0 Å². The molecule has 1 N–H and O–H groups in total. The Morgan fingerprint density at radius 3 is 2.68 bits per heavy atom. The molecule has 34 heavy (non-hydrogen) atoms. The Labute approximate surface area is 200 Å². The van der Waals surface area contributed by atoms with Crippen LogP contribution >= 0.6 is 0 Å². The number of aryl methyl sites for hydroxylation is 1. The van der Waals surface area contributed by atoms with E-state index >= 15 is 0 Å². The van der Waals surface area contributed by atoms with Gasteiger partial charge in [-0.1, -0.05) is 35.9 Å². The van der Waals surface area contributed by atoms with E-state index in [-0.39, 0.29) is 16.8 Å². The van der Waals surface area contributed by atoms with Gasteiger partial charge in [0.1, 0.15) is 18.4 Å². The Bertz CT molecular complexity index is 1230. The van der Waals surface area contributed by atoms with Gasteiger partial charge in [0.2, 0.25) is 15.9 Å². The Morgan fingerprint density at radius 1 is 1.15 bits per heavy atom. The third-order valence-electron chi connectivity index (χ3n) is 5.96. The molecule has 0 spiro atoms. The van der Waals surface area contributed by atoms with Gasteiger partial charge in [-0.2, -0.15) is 4.31 Å². The number of ether oxygens (including phenoxy) is 1. The van der Waals surface area contributed by atoms with E-state index in [0.29, 0.717) is 31.7 Å². The number of carbonyl (C=O) groups is 1. The first-order chi connectivity index (χ1) is 16.3. The van der Waals surface area contributed by atoms with Crippen LogP contribution < -0.4 is 10.1 Å². The van der Waals surface area contributed by atoms with Gasteiger partial charge >= 0.3 is 0 Å². The Morgan fingerprint density at radius 2 is 1.94 bits per heavy atom. The average Bonchev–Trinajstić information content (AvgIpc) is 3.35. The fourth-order valence-corrected chi connectivity index (χ4v) is 5.70. The normalized spacial score (nSPS) is 17.3. The monoisotopic (exact) mass is 479 g/mol. The molecule has 1 aliphatic heterocycles. The lowest BCUT2D eigenvalue weighted by atomic mass is 10.1. The van der Waals surface area contributed by atoms with Crippen molar-refractivity contribution in [3.8, 4) is 5.75 Å². The maximum absolute atomic E-state index is 13.2. The summed E-state index contributed by atoms with van der Waals surface area (Å²) in [4.78, 5) is 17.6. The summed E-state index contributed by atoms with van der Waals surface area (Å²) < 4.78 is 33.5. The highest BCUT2D eigenvalue weighted by atomic mass is 32.2. The summed E-state index contributed by atoms with van der Waals surface area (Å²) in [5.74, 6) is 0.384. The van der Waals surface area contributed by atoms with Crippen molar-refractivity contribution in [3.63, 3.8) is 0 Å². The summed E-state index contributed by atoms with van der Waals surface area (Å²) in [6.07, 6.45) is 2.86. The topological polar surface area (TPSA) is 88.6 Å². The lowest BCUT2D eigenvalue weighted by Crippen LogP contribution is -2.46. The molecule has 0 radical (unpaired) electrons. The quantitative estimate of drug-likeness (QED) is 0.528. The smallest absolute Gasteiger partial charge is 0.243 e. The maximum Gasteiger partial charge on any atom is 0.243 e. The van der Waals surface area contributed by atoms with Crippen molar-refractivity contribution in [1.29, 1.82) is 0 Å². The molecule has 0 aliphatic carbocycles. The summed E-state index contributed by atoms with van der Waals surface area (Å²) in [5, 5.41) is 2.99. The zero-order valence-corrected chi connectivity index (χ0v) is 20.2. The minimum atomic E-state index is -3.74. The summed E-state index contributed by atoms with van der Waals surface area (Å²) in [6.45, 7) is 4.46. The lowest BCUT2D eigenvalue weighted by molar-refractivity contribution is -0.124. The van der Waals surface area contributed by atoms with E-state index in [0.717, 1.165) is 16.8 Å². The summed E-state index contributed by atoms with van der Waals surface area (Å²) >= 11 is 0. The van der Waals surface area contributed by atoms with E-state index in [4.69, 9.17) is 4.74 Å².